The van der Waals surface area contributed by atoms with Gasteiger partial charge >= 0.3 is 16.0 Å². The van der Waals surface area contributed by atoms with E-state index in [9.17, 15) is 18.0 Å². The van der Waals surface area contributed by atoms with Crippen LogP contribution in [0.2, 0.25) is 0 Å². The molecule has 0 bridgehead atoms. The van der Waals surface area contributed by atoms with E-state index in [-0.39, 0.29) is 29.1 Å². The molecular weight excluding hydrogens is 328 g/mol. The molecule has 0 aliphatic heterocycles. The largest absolute Gasteiger partial charge is 0.496 e. The van der Waals surface area contributed by atoms with Crippen LogP contribution in [0.1, 0.15) is 25.0 Å². The SMILES string of the molecule is COc1cc2oc(=O)ccc2cc1C(CC(C)=O)OS(=O)(=O)O. The number of ketones is 1. The number of hydrogen-bond acceptors (Lipinski definition) is 7. The molecule has 0 radical (unpaired) electrons. The molecule has 1 N–H and O–H groups in total. The predicted molar refractivity (Wildman–Crippen MR) is 79.7 cm³/mol. The van der Waals surface area contributed by atoms with Crippen molar-refractivity contribution in [3.8, 4) is 5.75 Å². The van der Waals surface area contributed by atoms with E-state index in [1.807, 2.05) is 0 Å². The Morgan fingerprint density at radius 2 is 2.04 bits per heavy atom. The van der Waals surface area contributed by atoms with Gasteiger partial charge in [0.2, 0.25) is 0 Å². The number of rotatable bonds is 6. The van der Waals surface area contributed by atoms with Crippen molar-refractivity contribution in [1.29, 1.82) is 0 Å². The molecule has 0 aliphatic rings. The van der Waals surface area contributed by atoms with E-state index < -0.39 is 22.1 Å². The van der Waals surface area contributed by atoms with E-state index in [1.54, 1.807) is 0 Å². The van der Waals surface area contributed by atoms with Gasteiger partial charge in [0.25, 0.3) is 0 Å². The molecule has 1 aromatic carbocycles. The van der Waals surface area contributed by atoms with Crippen LogP contribution in [0.5, 0.6) is 5.75 Å². The van der Waals surface area contributed by atoms with E-state index in [1.165, 1.54) is 38.3 Å². The Labute approximate surface area is 131 Å². The lowest BCUT2D eigenvalue weighted by atomic mass is 10.0. The highest BCUT2D eigenvalue weighted by Gasteiger charge is 2.25. The quantitative estimate of drug-likeness (QED) is 0.621. The van der Waals surface area contributed by atoms with E-state index in [0.717, 1.165) is 0 Å². The Morgan fingerprint density at radius 3 is 2.61 bits per heavy atom. The lowest BCUT2D eigenvalue weighted by molar-refractivity contribution is -0.118. The summed E-state index contributed by atoms with van der Waals surface area (Å²) in [6, 6.07) is 5.52. The molecule has 2 aromatic rings. The summed E-state index contributed by atoms with van der Waals surface area (Å²) in [6.45, 7) is 1.26. The Kier molecular flexibility index (Phi) is 4.83. The number of fused-ring (bicyclic) bond motifs is 1. The van der Waals surface area contributed by atoms with Gasteiger partial charge in [-0.3, -0.25) is 9.35 Å². The molecule has 1 unspecified atom stereocenters. The lowest BCUT2D eigenvalue weighted by Crippen LogP contribution is -2.15. The van der Waals surface area contributed by atoms with Crippen molar-refractivity contribution in [2.45, 2.75) is 19.4 Å². The van der Waals surface area contributed by atoms with Gasteiger partial charge < -0.3 is 9.15 Å². The smallest absolute Gasteiger partial charge is 0.397 e. The first-order valence-electron chi connectivity index (χ1n) is 6.46. The molecule has 9 heteroatoms. The fourth-order valence-corrected chi connectivity index (χ4v) is 2.61. The number of carbonyl (C=O) groups is 1. The number of ether oxygens (including phenoxy) is 1. The average molecular weight is 342 g/mol. The third kappa shape index (κ3) is 4.38. The van der Waals surface area contributed by atoms with E-state index in [2.05, 4.69) is 4.18 Å². The highest BCUT2D eigenvalue weighted by atomic mass is 32.3. The molecule has 8 nitrogen and oxygen atoms in total. The monoisotopic (exact) mass is 342 g/mol. The van der Waals surface area contributed by atoms with Gasteiger partial charge in [0, 0.05) is 29.5 Å². The Balaban J connectivity index is 2.62. The van der Waals surface area contributed by atoms with Gasteiger partial charge in [-0.1, -0.05) is 0 Å². The average Bonchev–Trinajstić information content (AvgIpc) is 2.43. The Bertz CT molecular complexity index is 897. The van der Waals surface area contributed by atoms with Crippen LogP contribution in [-0.2, 0) is 19.4 Å². The predicted octanol–water partition coefficient (Wildman–Crippen LogP) is 1.64. The fraction of sp³-hybridized carbons (Fsp3) is 0.286. The summed E-state index contributed by atoms with van der Waals surface area (Å²) in [4.78, 5) is 22.6. The van der Waals surface area contributed by atoms with Gasteiger partial charge in [-0.2, -0.15) is 8.42 Å². The zero-order valence-corrected chi connectivity index (χ0v) is 13.1. The third-order valence-electron chi connectivity index (χ3n) is 3.03. The van der Waals surface area contributed by atoms with Crippen molar-refractivity contribution in [2.24, 2.45) is 0 Å². The van der Waals surface area contributed by atoms with E-state index >= 15 is 0 Å². The minimum absolute atomic E-state index is 0.154. The highest BCUT2D eigenvalue weighted by Crippen LogP contribution is 2.34. The second-order valence-corrected chi connectivity index (χ2v) is 5.85. The standard InChI is InChI=1S/C14H14O8S/c1-8(15)5-13(22-23(17,18)19)10-6-9-3-4-14(16)21-11(9)7-12(10)20-2/h3-4,6-7,13H,5H2,1-2H3,(H,17,18,19). The molecule has 23 heavy (non-hydrogen) atoms. The van der Waals surface area contributed by atoms with Gasteiger partial charge in [-0.15, -0.1) is 0 Å². The van der Waals surface area contributed by atoms with Crippen LogP contribution in [0.15, 0.2) is 33.5 Å². The van der Waals surface area contributed by atoms with Gasteiger partial charge in [0.15, 0.2) is 0 Å². The first-order chi connectivity index (χ1) is 10.7. The molecule has 2 rings (SSSR count). The molecule has 0 spiro atoms. The van der Waals surface area contributed by atoms with Crippen molar-refractivity contribution in [3.05, 3.63) is 40.2 Å². The maximum atomic E-state index is 11.4. The summed E-state index contributed by atoms with van der Waals surface area (Å²) >= 11 is 0. The molecule has 1 atom stereocenters. The molecule has 1 aromatic heterocycles. The Morgan fingerprint density at radius 1 is 1.35 bits per heavy atom. The van der Waals surface area contributed by atoms with Crippen LogP contribution in [0, 0.1) is 0 Å². The summed E-state index contributed by atoms with van der Waals surface area (Å²) in [7, 11) is -3.46. The molecule has 124 valence electrons. The third-order valence-corrected chi connectivity index (χ3v) is 3.50. The maximum absolute atomic E-state index is 11.4. The first-order valence-corrected chi connectivity index (χ1v) is 7.83. The first kappa shape index (κ1) is 17.1. The van der Waals surface area contributed by atoms with Crippen molar-refractivity contribution >= 4 is 27.2 Å². The van der Waals surface area contributed by atoms with Crippen molar-refractivity contribution < 1.29 is 31.1 Å². The molecular formula is C14H14O8S. The topological polar surface area (TPSA) is 120 Å². The molecule has 0 saturated carbocycles. The van der Waals surface area contributed by atoms with Gasteiger partial charge in [-0.25, -0.2) is 8.98 Å². The second kappa shape index (κ2) is 6.49. The minimum atomic E-state index is -4.78. The summed E-state index contributed by atoms with van der Waals surface area (Å²) in [5.41, 5.74) is -0.102. The molecule has 0 amide bonds. The second-order valence-electron chi connectivity index (χ2n) is 4.81. The van der Waals surface area contributed by atoms with E-state index in [4.69, 9.17) is 13.7 Å². The zero-order chi connectivity index (χ0) is 17.2. The van der Waals surface area contributed by atoms with Crippen molar-refractivity contribution in [3.63, 3.8) is 0 Å². The van der Waals surface area contributed by atoms with Crippen LogP contribution in [-0.4, -0.2) is 25.9 Å². The number of benzene rings is 1. The van der Waals surface area contributed by atoms with Crippen LogP contribution in [0.25, 0.3) is 11.0 Å². The number of carbonyl (C=O) groups excluding carboxylic acids is 1. The van der Waals surface area contributed by atoms with Gasteiger partial charge in [0.05, 0.1) is 7.11 Å². The van der Waals surface area contributed by atoms with Crippen LogP contribution < -0.4 is 10.4 Å². The zero-order valence-electron chi connectivity index (χ0n) is 12.3. The molecule has 0 aliphatic carbocycles. The summed E-state index contributed by atoms with van der Waals surface area (Å²) in [6.07, 6.45) is -1.56. The number of hydrogen-bond donors (Lipinski definition) is 1. The molecule has 0 fully saturated rings. The van der Waals surface area contributed by atoms with Gasteiger partial charge in [0.1, 0.15) is 23.2 Å². The number of methoxy groups -OCH3 is 1. The maximum Gasteiger partial charge on any atom is 0.397 e. The van der Waals surface area contributed by atoms with Crippen molar-refractivity contribution in [2.75, 3.05) is 7.11 Å². The summed E-state index contributed by atoms with van der Waals surface area (Å²) in [5, 5.41) is 0.480. The number of Topliss-reactive ketones (excluding diaryl/α,β-unsaturated/α-hetero) is 1. The lowest BCUT2D eigenvalue weighted by Gasteiger charge is -2.18. The molecule has 1 heterocycles. The van der Waals surface area contributed by atoms with Crippen LogP contribution >= 0.6 is 0 Å². The van der Waals surface area contributed by atoms with Crippen LogP contribution in [0.4, 0.5) is 0 Å². The van der Waals surface area contributed by atoms with Crippen molar-refractivity contribution in [1.82, 2.24) is 0 Å². The van der Waals surface area contributed by atoms with Gasteiger partial charge in [-0.05, 0) is 19.1 Å². The highest BCUT2D eigenvalue weighted by molar-refractivity contribution is 7.80. The fourth-order valence-electron chi connectivity index (χ4n) is 2.15. The van der Waals surface area contributed by atoms with Crippen LogP contribution in [0.3, 0.4) is 0 Å². The summed E-state index contributed by atoms with van der Waals surface area (Å²) in [5.74, 6) is -0.192. The van der Waals surface area contributed by atoms with E-state index in [0.29, 0.717) is 5.39 Å². The molecule has 0 saturated heterocycles. The minimum Gasteiger partial charge on any atom is -0.496 e. The Hall–Kier alpha value is -2.23. The summed E-state index contributed by atoms with van der Waals surface area (Å²) < 4.78 is 45.7. The normalized spacial score (nSPS) is 13.0.